The maximum atomic E-state index is 6.34. The Balaban J connectivity index is 2.38. The molecule has 3 rings (SSSR count). The molecule has 0 saturated heterocycles. The summed E-state index contributed by atoms with van der Waals surface area (Å²) in [5.41, 5.74) is 1.26. The smallest absolute Gasteiger partial charge is 0.198 e. The predicted octanol–water partition coefficient (Wildman–Crippen LogP) is 4.06. The maximum Gasteiger partial charge on any atom is 0.255 e. The lowest BCUT2D eigenvalue weighted by Crippen LogP contribution is -1.97. The molecule has 96 valence electrons. The SMILES string of the molecule is Cc1nc2nc(Cl)c(-c3ccccc3Cl)c(Cl)n2n1. The van der Waals surface area contributed by atoms with Crippen LogP contribution in [-0.4, -0.2) is 19.6 Å². The third-order valence-corrected chi connectivity index (χ3v) is 3.59. The van der Waals surface area contributed by atoms with Gasteiger partial charge in [-0.2, -0.15) is 14.5 Å². The molecule has 0 aliphatic rings. The molecule has 2 aromatic heterocycles. The van der Waals surface area contributed by atoms with Crippen LogP contribution in [0.25, 0.3) is 16.9 Å². The van der Waals surface area contributed by atoms with Crippen LogP contribution in [0.4, 0.5) is 0 Å². The maximum absolute atomic E-state index is 6.34. The minimum Gasteiger partial charge on any atom is -0.198 e. The fourth-order valence-electron chi connectivity index (χ4n) is 1.83. The van der Waals surface area contributed by atoms with Crippen LogP contribution in [0.5, 0.6) is 0 Å². The van der Waals surface area contributed by atoms with Crippen LogP contribution in [0.3, 0.4) is 0 Å². The molecule has 7 heteroatoms. The molecule has 0 bridgehead atoms. The molecule has 0 fully saturated rings. The summed E-state index contributed by atoms with van der Waals surface area (Å²) in [6, 6.07) is 7.27. The Morgan fingerprint density at radius 3 is 2.53 bits per heavy atom. The van der Waals surface area contributed by atoms with Gasteiger partial charge in [-0.05, 0) is 13.0 Å². The Bertz CT molecular complexity index is 782. The van der Waals surface area contributed by atoms with E-state index in [9.17, 15) is 0 Å². The second-order valence-corrected chi connectivity index (χ2v) is 5.04. The molecule has 0 spiro atoms. The number of hydrogen-bond acceptors (Lipinski definition) is 3. The van der Waals surface area contributed by atoms with Gasteiger partial charge in [0.15, 0.2) is 0 Å². The van der Waals surface area contributed by atoms with E-state index in [0.29, 0.717) is 32.9 Å². The average Bonchev–Trinajstić information content (AvgIpc) is 2.72. The van der Waals surface area contributed by atoms with Gasteiger partial charge in [0.1, 0.15) is 16.1 Å². The van der Waals surface area contributed by atoms with E-state index < -0.39 is 0 Å². The summed E-state index contributed by atoms with van der Waals surface area (Å²) in [5, 5.41) is 5.31. The number of fused-ring (bicyclic) bond motifs is 1. The van der Waals surface area contributed by atoms with Gasteiger partial charge in [-0.3, -0.25) is 0 Å². The van der Waals surface area contributed by atoms with Crippen molar-refractivity contribution in [1.82, 2.24) is 19.6 Å². The number of nitrogens with zero attached hydrogens (tertiary/aromatic N) is 4. The Labute approximate surface area is 124 Å². The summed E-state index contributed by atoms with van der Waals surface area (Å²) in [7, 11) is 0. The van der Waals surface area contributed by atoms with Gasteiger partial charge in [-0.25, -0.2) is 0 Å². The van der Waals surface area contributed by atoms with E-state index in [4.69, 9.17) is 34.8 Å². The van der Waals surface area contributed by atoms with Crippen molar-refractivity contribution in [2.24, 2.45) is 0 Å². The number of aromatic nitrogens is 4. The number of benzene rings is 1. The molecule has 0 aliphatic carbocycles. The number of aryl methyl sites for hydroxylation is 1. The van der Waals surface area contributed by atoms with E-state index >= 15 is 0 Å². The Morgan fingerprint density at radius 2 is 1.79 bits per heavy atom. The highest BCUT2D eigenvalue weighted by Crippen LogP contribution is 2.37. The first-order valence-corrected chi connectivity index (χ1v) is 6.54. The zero-order valence-corrected chi connectivity index (χ0v) is 12.0. The first-order chi connectivity index (χ1) is 9.08. The molecule has 0 aliphatic heterocycles. The van der Waals surface area contributed by atoms with Crippen LogP contribution in [0.15, 0.2) is 24.3 Å². The lowest BCUT2D eigenvalue weighted by molar-refractivity contribution is 0.919. The molecule has 1 aromatic carbocycles. The van der Waals surface area contributed by atoms with Crippen LogP contribution >= 0.6 is 34.8 Å². The highest BCUT2D eigenvalue weighted by Gasteiger charge is 2.18. The number of hydrogen-bond donors (Lipinski definition) is 0. The standard InChI is InChI=1S/C12H7Cl3N4/c1-6-16-12-17-10(14)9(11(15)19(12)18-6)7-4-2-3-5-8(7)13/h2-5H,1H3. The third-order valence-electron chi connectivity index (χ3n) is 2.64. The van der Waals surface area contributed by atoms with Gasteiger partial charge in [-0.1, -0.05) is 53.0 Å². The van der Waals surface area contributed by atoms with Crippen molar-refractivity contribution in [3.8, 4) is 11.1 Å². The molecule has 4 nitrogen and oxygen atoms in total. The summed E-state index contributed by atoms with van der Waals surface area (Å²) >= 11 is 18.7. The lowest BCUT2D eigenvalue weighted by Gasteiger charge is -2.09. The first-order valence-electron chi connectivity index (χ1n) is 5.41. The van der Waals surface area contributed by atoms with E-state index in [-0.39, 0.29) is 5.15 Å². The second-order valence-electron chi connectivity index (χ2n) is 3.92. The van der Waals surface area contributed by atoms with Crippen molar-refractivity contribution >= 4 is 40.6 Å². The number of halogens is 3. The van der Waals surface area contributed by atoms with Crippen LogP contribution in [0.2, 0.25) is 15.3 Å². The van der Waals surface area contributed by atoms with Crippen molar-refractivity contribution in [2.75, 3.05) is 0 Å². The largest absolute Gasteiger partial charge is 0.255 e. The summed E-state index contributed by atoms with van der Waals surface area (Å²) < 4.78 is 1.45. The Morgan fingerprint density at radius 1 is 1.05 bits per heavy atom. The van der Waals surface area contributed by atoms with Gasteiger partial charge >= 0.3 is 0 Å². The van der Waals surface area contributed by atoms with Gasteiger partial charge in [0.2, 0.25) is 0 Å². The normalized spacial score (nSPS) is 11.2. The second kappa shape index (κ2) is 4.63. The van der Waals surface area contributed by atoms with Crippen molar-refractivity contribution in [2.45, 2.75) is 6.92 Å². The van der Waals surface area contributed by atoms with E-state index in [0.717, 1.165) is 0 Å². The molecule has 0 amide bonds. The average molecular weight is 314 g/mol. The van der Waals surface area contributed by atoms with E-state index in [2.05, 4.69) is 15.1 Å². The van der Waals surface area contributed by atoms with Gasteiger partial charge in [0, 0.05) is 10.6 Å². The Hall–Kier alpha value is -1.36. The first kappa shape index (κ1) is 12.7. The molecular weight excluding hydrogens is 307 g/mol. The van der Waals surface area contributed by atoms with Gasteiger partial charge in [0.05, 0.1) is 5.56 Å². The summed E-state index contributed by atoms with van der Waals surface area (Å²) in [6.45, 7) is 1.76. The molecule has 0 radical (unpaired) electrons. The highest BCUT2D eigenvalue weighted by atomic mass is 35.5. The molecule has 2 heterocycles. The predicted molar refractivity (Wildman–Crippen MR) is 76.0 cm³/mol. The summed E-state index contributed by atoms with van der Waals surface area (Å²) in [6.07, 6.45) is 0. The van der Waals surface area contributed by atoms with Crippen LogP contribution < -0.4 is 0 Å². The highest BCUT2D eigenvalue weighted by molar-refractivity contribution is 6.40. The van der Waals surface area contributed by atoms with Crippen LogP contribution in [0.1, 0.15) is 5.82 Å². The molecular formula is C12H7Cl3N4. The molecule has 0 atom stereocenters. The molecule has 0 unspecified atom stereocenters. The monoisotopic (exact) mass is 312 g/mol. The number of rotatable bonds is 1. The van der Waals surface area contributed by atoms with Crippen LogP contribution in [0, 0.1) is 6.92 Å². The van der Waals surface area contributed by atoms with E-state index in [1.165, 1.54) is 4.52 Å². The molecule has 3 aromatic rings. The topological polar surface area (TPSA) is 43.1 Å². The van der Waals surface area contributed by atoms with Crippen molar-refractivity contribution in [3.05, 3.63) is 45.4 Å². The minimum absolute atomic E-state index is 0.248. The summed E-state index contributed by atoms with van der Waals surface area (Å²) in [5.74, 6) is 0.935. The summed E-state index contributed by atoms with van der Waals surface area (Å²) in [4.78, 5) is 8.32. The van der Waals surface area contributed by atoms with Crippen molar-refractivity contribution < 1.29 is 0 Å². The lowest BCUT2D eigenvalue weighted by atomic mass is 10.1. The zero-order valence-electron chi connectivity index (χ0n) is 9.73. The van der Waals surface area contributed by atoms with E-state index in [1.54, 1.807) is 13.0 Å². The van der Waals surface area contributed by atoms with Crippen molar-refractivity contribution in [1.29, 1.82) is 0 Å². The quantitative estimate of drug-likeness (QED) is 0.636. The zero-order chi connectivity index (χ0) is 13.6. The van der Waals surface area contributed by atoms with Gasteiger partial charge in [0.25, 0.3) is 5.78 Å². The minimum atomic E-state index is 0.248. The van der Waals surface area contributed by atoms with E-state index in [1.807, 2.05) is 18.2 Å². The van der Waals surface area contributed by atoms with Gasteiger partial charge < -0.3 is 0 Å². The third kappa shape index (κ3) is 2.06. The van der Waals surface area contributed by atoms with Crippen LogP contribution in [-0.2, 0) is 0 Å². The fourth-order valence-corrected chi connectivity index (χ4v) is 2.68. The Kier molecular flexibility index (Phi) is 3.09. The van der Waals surface area contributed by atoms with Gasteiger partial charge in [-0.15, -0.1) is 5.10 Å². The molecule has 0 saturated carbocycles. The fraction of sp³-hybridized carbons (Fsp3) is 0.0833. The molecule has 19 heavy (non-hydrogen) atoms. The molecule has 0 N–H and O–H groups in total. The van der Waals surface area contributed by atoms with Crippen molar-refractivity contribution in [3.63, 3.8) is 0 Å².